The van der Waals surface area contributed by atoms with Crippen LogP contribution >= 0.6 is 0 Å². The largest absolute Gasteiger partial charge is 0.472 e. The predicted octanol–water partition coefficient (Wildman–Crippen LogP) is 2.82. The standard InChI is InChI=1S/C20H23N5O2/c21-10-7-20(8-12-26-13-9-20)25-16-6-11-24-19(17(16)18(22)23)27-14-15-4-2-1-3-5-15/h1-6,11H,7-9,12-14H2,(H3,22,23)(H,24,25). The number of nitrogen functional groups attached to an aromatic ring is 1. The van der Waals surface area contributed by atoms with Crippen LogP contribution in [0.2, 0.25) is 0 Å². The van der Waals surface area contributed by atoms with Crippen molar-refractivity contribution in [2.24, 2.45) is 5.73 Å². The van der Waals surface area contributed by atoms with E-state index in [0.29, 0.717) is 56.2 Å². The van der Waals surface area contributed by atoms with Crippen LogP contribution in [0.1, 0.15) is 30.4 Å². The number of anilines is 1. The van der Waals surface area contributed by atoms with Crippen LogP contribution in [0.25, 0.3) is 0 Å². The van der Waals surface area contributed by atoms with Gasteiger partial charge in [-0.1, -0.05) is 30.3 Å². The molecule has 1 aromatic carbocycles. The smallest absolute Gasteiger partial charge is 0.226 e. The van der Waals surface area contributed by atoms with E-state index >= 15 is 0 Å². The van der Waals surface area contributed by atoms with Gasteiger partial charge in [0.25, 0.3) is 0 Å². The highest BCUT2D eigenvalue weighted by Gasteiger charge is 2.33. The molecule has 27 heavy (non-hydrogen) atoms. The van der Waals surface area contributed by atoms with Gasteiger partial charge >= 0.3 is 0 Å². The first-order chi connectivity index (χ1) is 13.1. The molecule has 0 spiro atoms. The summed E-state index contributed by atoms with van der Waals surface area (Å²) in [6.45, 7) is 1.51. The maximum absolute atomic E-state index is 9.27. The van der Waals surface area contributed by atoms with Crippen molar-refractivity contribution in [2.45, 2.75) is 31.4 Å². The zero-order chi connectivity index (χ0) is 19.1. The van der Waals surface area contributed by atoms with Crippen LogP contribution in [0.4, 0.5) is 5.69 Å². The van der Waals surface area contributed by atoms with E-state index in [1.54, 1.807) is 12.3 Å². The Morgan fingerprint density at radius 2 is 2.04 bits per heavy atom. The Balaban J connectivity index is 1.86. The second-order valence-corrected chi connectivity index (χ2v) is 6.58. The predicted molar refractivity (Wildman–Crippen MR) is 103 cm³/mol. The molecule has 0 aliphatic carbocycles. The van der Waals surface area contributed by atoms with Gasteiger partial charge in [-0.05, 0) is 24.5 Å². The second-order valence-electron chi connectivity index (χ2n) is 6.58. The first kappa shape index (κ1) is 18.7. The summed E-state index contributed by atoms with van der Waals surface area (Å²) >= 11 is 0. The minimum Gasteiger partial charge on any atom is -0.472 e. The lowest BCUT2D eigenvalue weighted by atomic mass is 9.86. The molecule has 0 amide bonds. The van der Waals surface area contributed by atoms with E-state index in [4.69, 9.17) is 20.6 Å². The number of nitriles is 1. The molecule has 140 valence electrons. The summed E-state index contributed by atoms with van der Waals surface area (Å²) in [5, 5.41) is 20.7. The Labute approximate surface area is 158 Å². The fraction of sp³-hybridized carbons (Fsp3) is 0.350. The highest BCUT2D eigenvalue weighted by molar-refractivity contribution is 6.02. The van der Waals surface area contributed by atoms with Crippen LogP contribution in [-0.2, 0) is 11.3 Å². The maximum Gasteiger partial charge on any atom is 0.226 e. The van der Waals surface area contributed by atoms with E-state index < -0.39 is 5.54 Å². The molecule has 0 unspecified atom stereocenters. The van der Waals surface area contributed by atoms with Gasteiger partial charge in [0.1, 0.15) is 18.0 Å². The first-order valence-corrected chi connectivity index (χ1v) is 8.86. The van der Waals surface area contributed by atoms with E-state index in [-0.39, 0.29) is 5.84 Å². The summed E-state index contributed by atoms with van der Waals surface area (Å²) in [5.41, 5.74) is 7.50. The van der Waals surface area contributed by atoms with E-state index in [0.717, 1.165) is 5.56 Å². The van der Waals surface area contributed by atoms with Crippen molar-refractivity contribution in [3.63, 3.8) is 0 Å². The number of nitrogens with zero attached hydrogens (tertiary/aromatic N) is 2. The average molecular weight is 365 g/mol. The van der Waals surface area contributed by atoms with Crippen LogP contribution in [-0.4, -0.2) is 29.6 Å². The topological polar surface area (TPSA) is 117 Å². The minimum absolute atomic E-state index is 0.132. The summed E-state index contributed by atoms with van der Waals surface area (Å²) in [4.78, 5) is 4.26. The van der Waals surface area contributed by atoms with Gasteiger partial charge in [-0.25, -0.2) is 4.98 Å². The maximum atomic E-state index is 9.27. The van der Waals surface area contributed by atoms with Gasteiger partial charge in [0.2, 0.25) is 5.88 Å². The molecule has 7 heteroatoms. The van der Waals surface area contributed by atoms with E-state index in [1.165, 1.54) is 0 Å². The molecule has 1 saturated heterocycles. The van der Waals surface area contributed by atoms with E-state index in [1.807, 2.05) is 30.3 Å². The molecule has 1 aliphatic rings. The molecule has 4 N–H and O–H groups in total. The molecule has 2 heterocycles. The molecule has 1 aliphatic heterocycles. The van der Waals surface area contributed by atoms with Crippen molar-refractivity contribution in [3.8, 4) is 11.9 Å². The molecule has 1 fully saturated rings. The molecule has 0 radical (unpaired) electrons. The van der Waals surface area contributed by atoms with Crippen molar-refractivity contribution in [1.82, 2.24) is 4.98 Å². The van der Waals surface area contributed by atoms with Crippen LogP contribution in [0, 0.1) is 16.7 Å². The van der Waals surface area contributed by atoms with Gasteiger partial charge in [0.05, 0.1) is 23.7 Å². The Hall–Kier alpha value is -3.11. The van der Waals surface area contributed by atoms with Crippen LogP contribution in [0.15, 0.2) is 42.6 Å². The van der Waals surface area contributed by atoms with Gasteiger partial charge in [-0.15, -0.1) is 0 Å². The lowest BCUT2D eigenvalue weighted by molar-refractivity contribution is 0.0616. The number of hydrogen-bond acceptors (Lipinski definition) is 6. The number of aromatic nitrogens is 1. The summed E-state index contributed by atoms with van der Waals surface area (Å²) in [5.74, 6) is 0.170. The quantitative estimate of drug-likeness (QED) is 0.513. The summed E-state index contributed by atoms with van der Waals surface area (Å²) in [6, 6.07) is 13.8. The number of benzene rings is 1. The number of amidine groups is 1. The van der Waals surface area contributed by atoms with Crippen LogP contribution in [0.3, 0.4) is 0 Å². The minimum atomic E-state index is -0.407. The SMILES string of the molecule is N#CCC1(Nc2ccnc(OCc3ccccc3)c2C(=N)N)CCOCC1. The summed E-state index contributed by atoms with van der Waals surface area (Å²) < 4.78 is 11.3. The second kappa shape index (κ2) is 8.52. The van der Waals surface area contributed by atoms with Crippen molar-refractivity contribution in [3.05, 3.63) is 53.7 Å². The Bertz CT molecular complexity index is 826. The molecule has 0 saturated carbocycles. The fourth-order valence-electron chi connectivity index (χ4n) is 3.19. The molecule has 2 aromatic rings. The van der Waals surface area contributed by atoms with Gasteiger partial charge in [0.15, 0.2) is 0 Å². The zero-order valence-electron chi connectivity index (χ0n) is 15.1. The zero-order valence-corrected chi connectivity index (χ0v) is 15.1. The van der Waals surface area contributed by atoms with E-state index in [2.05, 4.69) is 16.4 Å². The lowest BCUT2D eigenvalue weighted by Gasteiger charge is -2.37. The molecule has 0 atom stereocenters. The number of ether oxygens (including phenoxy) is 2. The lowest BCUT2D eigenvalue weighted by Crippen LogP contribution is -2.44. The van der Waals surface area contributed by atoms with Gasteiger partial charge in [-0.3, -0.25) is 5.41 Å². The normalized spacial score (nSPS) is 15.5. The number of hydrogen-bond donors (Lipinski definition) is 3. The number of nitrogens with one attached hydrogen (secondary N) is 2. The first-order valence-electron chi connectivity index (χ1n) is 8.86. The summed E-state index contributed by atoms with van der Waals surface area (Å²) in [7, 11) is 0. The van der Waals surface area contributed by atoms with Crippen LogP contribution in [0.5, 0.6) is 5.88 Å². The Morgan fingerprint density at radius 1 is 1.30 bits per heavy atom. The molecule has 1 aromatic heterocycles. The third kappa shape index (κ3) is 4.54. The molecule has 0 bridgehead atoms. The van der Waals surface area contributed by atoms with Gasteiger partial charge in [0, 0.05) is 19.4 Å². The van der Waals surface area contributed by atoms with Crippen molar-refractivity contribution in [1.29, 1.82) is 10.7 Å². The van der Waals surface area contributed by atoms with Crippen molar-refractivity contribution < 1.29 is 9.47 Å². The number of nitrogens with two attached hydrogens (primary N) is 1. The van der Waals surface area contributed by atoms with E-state index in [9.17, 15) is 5.26 Å². The Morgan fingerprint density at radius 3 is 2.70 bits per heavy atom. The molecule has 3 rings (SSSR count). The van der Waals surface area contributed by atoms with Gasteiger partial charge < -0.3 is 20.5 Å². The number of pyridine rings is 1. The fourth-order valence-corrected chi connectivity index (χ4v) is 3.19. The third-order valence-electron chi connectivity index (χ3n) is 4.67. The van der Waals surface area contributed by atoms with Crippen molar-refractivity contribution >= 4 is 11.5 Å². The highest BCUT2D eigenvalue weighted by Crippen LogP contribution is 2.33. The third-order valence-corrected chi connectivity index (χ3v) is 4.67. The van der Waals surface area contributed by atoms with Crippen molar-refractivity contribution in [2.75, 3.05) is 18.5 Å². The molecule has 7 nitrogen and oxygen atoms in total. The monoisotopic (exact) mass is 365 g/mol. The van der Waals surface area contributed by atoms with Gasteiger partial charge in [-0.2, -0.15) is 5.26 Å². The highest BCUT2D eigenvalue weighted by atomic mass is 16.5. The average Bonchev–Trinajstić information content (AvgIpc) is 2.68. The molecular weight excluding hydrogens is 342 g/mol. The van der Waals surface area contributed by atoms with Crippen LogP contribution < -0.4 is 15.8 Å². The Kier molecular flexibility index (Phi) is 5.89. The summed E-state index contributed by atoms with van der Waals surface area (Å²) in [6.07, 6.45) is 3.38. The number of rotatable bonds is 7. The molecular formula is C20H23N5O2.